The van der Waals surface area contributed by atoms with Gasteiger partial charge in [-0.2, -0.15) is 0 Å². The number of pyridine rings is 1. The number of hydrogen-bond donors (Lipinski definition) is 0. The monoisotopic (exact) mass is 421 g/mol. The van der Waals surface area contributed by atoms with Gasteiger partial charge in [-0.15, -0.1) is 0 Å². The van der Waals surface area contributed by atoms with Crippen LogP contribution in [0.3, 0.4) is 0 Å². The van der Waals surface area contributed by atoms with Crippen LogP contribution in [0.2, 0.25) is 0 Å². The smallest absolute Gasteiger partial charge is 0.312 e. The molecule has 1 atom stereocenters. The molecule has 0 bridgehead atoms. The minimum Gasteiger partial charge on any atom is -0.497 e. The van der Waals surface area contributed by atoms with Gasteiger partial charge in [-0.25, -0.2) is 0 Å². The van der Waals surface area contributed by atoms with Gasteiger partial charge in [-0.3, -0.25) is 9.59 Å². The predicted molar refractivity (Wildman–Crippen MR) is 114 cm³/mol. The summed E-state index contributed by atoms with van der Waals surface area (Å²) in [6, 6.07) is 11.0. The molecule has 2 aliphatic rings. The minimum absolute atomic E-state index is 0.0824. The Morgan fingerprint density at radius 2 is 1.81 bits per heavy atom. The van der Waals surface area contributed by atoms with Crippen molar-refractivity contribution >= 4 is 16.9 Å². The first-order valence-corrected chi connectivity index (χ1v) is 10.3. The molecule has 3 heterocycles. The molecule has 2 aromatic carbocycles. The lowest BCUT2D eigenvalue weighted by Gasteiger charge is -2.26. The molecule has 3 aromatic rings. The Morgan fingerprint density at radius 1 is 1.03 bits per heavy atom. The third kappa shape index (κ3) is 3.30. The quantitative estimate of drug-likeness (QED) is 0.471. The van der Waals surface area contributed by atoms with Crippen molar-refractivity contribution in [1.29, 1.82) is 0 Å². The van der Waals surface area contributed by atoms with E-state index in [1.165, 1.54) is 0 Å². The van der Waals surface area contributed by atoms with Crippen LogP contribution in [0.4, 0.5) is 0 Å². The summed E-state index contributed by atoms with van der Waals surface area (Å²) in [5, 5.41) is 0.885. The Labute approximate surface area is 179 Å². The van der Waals surface area contributed by atoms with Crippen molar-refractivity contribution in [3.63, 3.8) is 0 Å². The van der Waals surface area contributed by atoms with Gasteiger partial charge >= 0.3 is 5.97 Å². The third-order valence-corrected chi connectivity index (χ3v) is 5.73. The molecule has 0 saturated carbocycles. The van der Waals surface area contributed by atoms with E-state index >= 15 is 0 Å². The van der Waals surface area contributed by atoms with Crippen LogP contribution in [0.15, 0.2) is 41.2 Å². The Balaban J connectivity index is 1.74. The predicted octanol–water partition coefficient (Wildman–Crippen LogP) is 3.84. The van der Waals surface area contributed by atoms with Gasteiger partial charge in [0.1, 0.15) is 11.5 Å². The molecule has 0 amide bonds. The molecule has 0 aliphatic carbocycles. The lowest BCUT2D eigenvalue weighted by molar-refractivity contribution is -0.135. The summed E-state index contributed by atoms with van der Waals surface area (Å²) >= 11 is 0. The van der Waals surface area contributed by atoms with Gasteiger partial charge in [0.2, 0.25) is 6.79 Å². The van der Waals surface area contributed by atoms with Crippen LogP contribution in [0.5, 0.6) is 23.0 Å². The molecule has 0 radical (unpaired) electrons. The van der Waals surface area contributed by atoms with Gasteiger partial charge in [0.15, 0.2) is 11.5 Å². The van der Waals surface area contributed by atoms with E-state index in [1.807, 2.05) is 30.3 Å². The number of hydrogen-bond acceptors (Lipinski definition) is 6. The zero-order valence-corrected chi connectivity index (χ0v) is 17.6. The number of aromatic nitrogens is 1. The maximum Gasteiger partial charge on any atom is 0.312 e. The molecule has 160 valence electrons. The number of carbonyl (C=O) groups is 1. The zero-order chi connectivity index (χ0) is 21.7. The number of fused-ring (bicyclic) bond motifs is 3. The second-order valence-corrected chi connectivity index (χ2v) is 8.31. The molecule has 0 N–H and O–H groups in total. The normalized spacial score (nSPS) is 17.0. The topological polar surface area (TPSA) is 76.0 Å². The van der Waals surface area contributed by atoms with E-state index in [1.54, 1.807) is 17.7 Å². The summed E-state index contributed by atoms with van der Waals surface area (Å²) in [5.74, 6) is 1.70. The van der Waals surface area contributed by atoms with Gasteiger partial charge in [-0.05, 0) is 36.2 Å². The molecule has 2 aliphatic heterocycles. The van der Waals surface area contributed by atoms with Gasteiger partial charge in [0.05, 0.1) is 19.0 Å². The fourth-order valence-corrected chi connectivity index (χ4v) is 4.33. The highest BCUT2D eigenvalue weighted by atomic mass is 16.7. The first kappa shape index (κ1) is 19.5. The SMILES string of the molecule is COc1ccc2c(c1)cc([C@H]1CC(=O)Oc3cc4c(cc31)OCO4)c(=O)n2CC(C)C. The van der Waals surface area contributed by atoms with Crippen molar-refractivity contribution in [2.45, 2.75) is 32.7 Å². The van der Waals surface area contributed by atoms with Crippen LogP contribution >= 0.6 is 0 Å². The number of carbonyl (C=O) groups excluding carboxylic acids is 1. The number of ether oxygens (including phenoxy) is 4. The molecule has 0 unspecified atom stereocenters. The fraction of sp³-hybridized carbons (Fsp3) is 0.333. The maximum atomic E-state index is 13.6. The Hall–Kier alpha value is -3.48. The lowest BCUT2D eigenvalue weighted by atomic mass is 9.86. The largest absolute Gasteiger partial charge is 0.497 e. The Morgan fingerprint density at radius 3 is 2.55 bits per heavy atom. The van der Waals surface area contributed by atoms with Crippen LogP contribution in [0, 0.1) is 5.92 Å². The van der Waals surface area contributed by atoms with E-state index in [4.69, 9.17) is 18.9 Å². The Bertz CT molecular complexity index is 1260. The van der Waals surface area contributed by atoms with E-state index in [2.05, 4.69) is 13.8 Å². The molecule has 1 aromatic heterocycles. The van der Waals surface area contributed by atoms with E-state index in [0.29, 0.717) is 35.1 Å². The highest BCUT2D eigenvalue weighted by Gasteiger charge is 2.33. The van der Waals surface area contributed by atoms with E-state index in [0.717, 1.165) is 16.5 Å². The molecule has 7 heteroatoms. The highest BCUT2D eigenvalue weighted by molar-refractivity contribution is 5.83. The molecular formula is C24H23NO6. The van der Waals surface area contributed by atoms with Gasteiger partial charge in [0.25, 0.3) is 5.56 Å². The summed E-state index contributed by atoms with van der Waals surface area (Å²) in [4.78, 5) is 26.1. The summed E-state index contributed by atoms with van der Waals surface area (Å²) in [5.41, 5.74) is 2.04. The number of nitrogens with zero attached hydrogens (tertiary/aromatic N) is 1. The van der Waals surface area contributed by atoms with Crippen molar-refractivity contribution in [1.82, 2.24) is 4.57 Å². The van der Waals surface area contributed by atoms with E-state index < -0.39 is 5.92 Å². The molecule has 0 saturated heterocycles. The second kappa shape index (κ2) is 7.34. The van der Waals surface area contributed by atoms with Crippen LogP contribution in [0.1, 0.15) is 37.3 Å². The fourth-order valence-electron chi connectivity index (χ4n) is 4.33. The Kier molecular flexibility index (Phi) is 4.61. The van der Waals surface area contributed by atoms with E-state index in [-0.39, 0.29) is 30.7 Å². The highest BCUT2D eigenvalue weighted by Crippen LogP contribution is 2.45. The number of methoxy groups -OCH3 is 1. The number of esters is 1. The summed E-state index contributed by atoms with van der Waals surface area (Å²) in [7, 11) is 1.61. The molecular weight excluding hydrogens is 398 g/mol. The maximum absolute atomic E-state index is 13.6. The van der Waals surface area contributed by atoms with Crippen molar-refractivity contribution in [2.24, 2.45) is 5.92 Å². The van der Waals surface area contributed by atoms with Crippen molar-refractivity contribution in [3.8, 4) is 23.0 Å². The lowest BCUT2D eigenvalue weighted by Crippen LogP contribution is -2.30. The average Bonchev–Trinajstić information content (AvgIpc) is 3.20. The van der Waals surface area contributed by atoms with Crippen LogP contribution in [-0.4, -0.2) is 24.4 Å². The zero-order valence-electron chi connectivity index (χ0n) is 17.6. The minimum atomic E-state index is -0.438. The molecule has 5 rings (SSSR count). The van der Waals surface area contributed by atoms with Crippen LogP contribution < -0.4 is 24.5 Å². The van der Waals surface area contributed by atoms with Crippen molar-refractivity contribution in [3.05, 3.63) is 57.9 Å². The first-order chi connectivity index (χ1) is 14.9. The second-order valence-electron chi connectivity index (χ2n) is 8.31. The summed E-state index contributed by atoms with van der Waals surface area (Å²) in [6.07, 6.45) is 0.0824. The van der Waals surface area contributed by atoms with Crippen LogP contribution in [-0.2, 0) is 11.3 Å². The van der Waals surface area contributed by atoms with Gasteiger partial charge in [-0.1, -0.05) is 13.8 Å². The molecule has 0 spiro atoms. The molecule has 31 heavy (non-hydrogen) atoms. The van der Waals surface area contributed by atoms with Crippen molar-refractivity contribution < 1.29 is 23.7 Å². The number of rotatable bonds is 4. The molecule has 0 fully saturated rings. The third-order valence-electron chi connectivity index (χ3n) is 5.73. The van der Waals surface area contributed by atoms with Crippen molar-refractivity contribution in [2.75, 3.05) is 13.9 Å². The van der Waals surface area contributed by atoms with Gasteiger partial charge in [0, 0.05) is 35.0 Å². The van der Waals surface area contributed by atoms with Crippen LogP contribution in [0.25, 0.3) is 10.9 Å². The average molecular weight is 421 g/mol. The summed E-state index contributed by atoms with van der Waals surface area (Å²) < 4.78 is 23.6. The first-order valence-electron chi connectivity index (χ1n) is 10.3. The summed E-state index contributed by atoms with van der Waals surface area (Å²) in [6.45, 7) is 4.83. The molecule has 7 nitrogen and oxygen atoms in total. The standard InChI is InChI=1S/C24H23NO6/c1-13(2)11-25-19-5-4-15(28-3)6-14(19)7-18(24(25)27)16-9-23(26)31-20-10-22-21(8-17(16)20)29-12-30-22/h4-8,10,13,16H,9,11-12H2,1-3H3/t16-/m0/s1. The number of benzene rings is 2. The van der Waals surface area contributed by atoms with Gasteiger partial charge < -0.3 is 23.5 Å². The van der Waals surface area contributed by atoms with E-state index in [9.17, 15) is 9.59 Å².